The van der Waals surface area contributed by atoms with Crippen molar-refractivity contribution in [1.29, 1.82) is 0 Å². The van der Waals surface area contributed by atoms with Crippen molar-refractivity contribution < 1.29 is 23.4 Å². The third kappa shape index (κ3) is 4.82. The normalized spacial score (nSPS) is 10.9. The summed E-state index contributed by atoms with van der Waals surface area (Å²) in [4.78, 5) is 13.4. The monoisotopic (exact) mass is 480 g/mol. The van der Waals surface area contributed by atoms with Crippen LogP contribution in [0.1, 0.15) is 11.1 Å². The standard InChI is InChI=1S/C27H25ClO6/c1-16-6-5-7-19(12-16)32-10-11-33-27-25(29)20-15-21(28)17(2)13-23(20)34-26(27)18-8-9-22(30-3)24(14-18)31-4/h5-9,12-15H,10-11H2,1-4H3. The number of methoxy groups -OCH3 is 2. The van der Waals surface area contributed by atoms with Gasteiger partial charge in [-0.25, -0.2) is 0 Å². The summed E-state index contributed by atoms with van der Waals surface area (Å²) >= 11 is 6.28. The number of aryl methyl sites for hydroxylation is 2. The van der Waals surface area contributed by atoms with Gasteiger partial charge >= 0.3 is 0 Å². The molecule has 7 heteroatoms. The zero-order valence-electron chi connectivity index (χ0n) is 19.4. The molecule has 0 fully saturated rings. The Hall–Kier alpha value is -3.64. The van der Waals surface area contributed by atoms with E-state index in [4.69, 9.17) is 35.0 Å². The van der Waals surface area contributed by atoms with Crippen LogP contribution in [0, 0.1) is 13.8 Å². The number of fused-ring (bicyclic) bond motifs is 1. The fourth-order valence-electron chi connectivity index (χ4n) is 3.61. The molecule has 0 amide bonds. The maximum atomic E-state index is 13.4. The molecule has 34 heavy (non-hydrogen) atoms. The minimum atomic E-state index is -0.316. The van der Waals surface area contributed by atoms with Crippen molar-refractivity contribution in [3.8, 4) is 34.3 Å². The molecule has 4 aromatic rings. The first-order valence-electron chi connectivity index (χ1n) is 10.7. The van der Waals surface area contributed by atoms with E-state index in [0.717, 1.165) is 16.9 Å². The average molecular weight is 481 g/mol. The Bertz CT molecular complexity index is 1390. The van der Waals surface area contributed by atoms with Gasteiger partial charge in [0.2, 0.25) is 11.2 Å². The molecule has 0 bridgehead atoms. The summed E-state index contributed by atoms with van der Waals surface area (Å²) in [6.07, 6.45) is 0. The highest BCUT2D eigenvalue weighted by Gasteiger charge is 2.20. The third-order valence-electron chi connectivity index (χ3n) is 5.36. The van der Waals surface area contributed by atoms with E-state index in [0.29, 0.717) is 33.1 Å². The Morgan fingerprint density at radius 3 is 2.38 bits per heavy atom. The molecule has 1 aromatic heterocycles. The van der Waals surface area contributed by atoms with Crippen LogP contribution in [-0.2, 0) is 0 Å². The molecule has 0 N–H and O–H groups in total. The predicted molar refractivity (Wildman–Crippen MR) is 133 cm³/mol. The highest BCUT2D eigenvalue weighted by atomic mass is 35.5. The van der Waals surface area contributed by atoms with E-state index >= 15 is 0 Å². The average Bonchev–Trinajstić information content (AvgIpc) is 2.83. The third-order valence-corrected chi connectivity index (χ3v) is 5.77. The molecule has 0 aliphatic heterocycles. The minimum absolute atomic E-state index is 0.0764. The molecule has 0 aliphatic carbocycles. The van der Waals surface area contributed by atoms with Gasteiger partial charge in [-0.15, -0.1) is 0 Å². The van der Waals surface area contributed by atoms with Crippen LogP contribution >= 0.6 is 11.6 Å². The van der Waals surface area contributed by atoms with E-state index in [9.17, 15) is 4.79 Å². The molecule has 3 aromatic carbocycles. The van der Waals surface area contributed by atoms with Crippen LogP contribution in [0.15, 0.2) is 63.8 Å². The van der Waals surface area contributed by atoms with E-state index in [1.54, 1.807) is 44.6 Å². The van der Waals surface area contributed by atoms with Crippen LogP contribution in [0.4, 0.5) is 0 Å². The molecule has 6 nitrogen and oxygen atoms in total. The lowest BCUT2D eigenvalue weighted by Crippen LogP contribution is -2.15. The van der Waals surface area contributed by atoms with Crippen LogP contribution in [0.3, 0.4) is 0 Å². The first-order valence-corrected chi connectivity index (χ1v) is 11.1. The van der Waals surface area contributed by atoms with Crippen LogP contribution < -0.4 is 24.4 Å². The quantitative estimate of drug-likeness (QED) is 0.279. The van der Waals surface area contributed by atoms with Crippen molar-refractivity contribution in [1.82, 2.24) is 0 Å². The molecule has 4 rings (SSSR count). The van der Waals surface area contributed by atoms with Crippen molar-refractivity contribution in [2.45, 2.75) is 13.8 Å². The van der Waals surface area contributed by atoms with E-state index in [-0.39, 0.29) is 30.2 Å². The molecule has 0 radical (unpaired) electrons. The zero-order chi connectivity index (χ0) is 24.2. The second-order valence-electron chi connectivity index (χ2n) is 7.77. The summed E-state index contributed by atoms with van der Waals surface area (Å²) in [6, 6.07) is 16.3. The van der Waals surface area contributed by atoms with Crippen molar-refractivity contribution in [3.05, 3.63) is 81.0 Å². The Morgan fingerprint density at radius 1 is 0.882 bits per heavy atom. The van der Waals surface area contributed by atoms with Gasteiger partial charge in [-0.2, -0.15) is 0 Å². The molecular formula is C27H25ClO6. The van der Waals surface area contributed by atoms with Crippen molar-refractivity contribution in [2.75, 3.05) is 27.4 Å². The van der Waals surface area contributed by atoms with Gasteiger partial charge in [-0.3, -0.25) is 4.79 Å². The minimum Gasteiger partial charge on any atom is -0.493 e. The second-order valence-corrected chi connectivity index (χ2v) is 8.18. The van der Waals surface area contributed by atoms with Crippen molar-refractivity contribution in [3.63, 3.8) is 0 Å². The van der Waals surface area contributed by atoms with Gasteiger partial charge < -0.3 is 23.4 Å². The van der Waals surface area contributed by atoms with Crippen LogP contribution in [0.5, 0.6) is 23.0 Å². The summed E-state index contributed by atoms with van der Waals surface area (Å²) in [5.41, 5.74) is 2.61. The van der Waals surface area contributed by atoms with E-state index < -0.39 is 0 Å². The molecule has 0 unspecified atom stereocenters. The molecule has 0 saturated carbocycles. The van der Waals surface area contributed by atoms with Crippen LogP contribution in [0.2, 0.25) is 5.02 Å². The van der Waals surface area contributed by atoms with E-state index in [1.807, 2.05) is 38.1 Å². The summed E-state index contributed by atoms with van der Waals surface area (Å²) in [5, 5.41) is 0.821. The lowest BCUT2D eigenvalue weighted by molar-refractivity contribution is 0.214. The maximum absolute atomic E-state index is 13.4. The van der Waals surface area contributed by atoms with Gasteiger partial charge in [-0.05, 0) is 67.4 Å². The topological polar surface area (TPSA) is 67.1 Å². The van der Waals surface area contributed by atoms with Gasteiger partial charge in [0.15, 0.2) is 17.3 Å². The van der Waals surface area contributed by atoms with Gasteiger partial charge in [0.25, 0.3) is 0 Å². The number of halogens is 1. The highest BCUT2D eigenvalue weighted by Crippen LogP contribution is 2.37. The number of ether oxygens (including phenoxy) is 4. The summed E-state index contributed by atoms with van der Waals surface area (Å²) < 4.78 is 28.6. The molecular weight excluding hydrogens is 456 g/mol. The van der Waals surface area contributed by atoms with E-state index in [2.05, 4.69) is 0 Å². The molecule has 176 valence electrons. The first kappa shape index (κ1) is 23.5. The number of rotatable bonds is 8. The predicted octanol–water partition coefficient (Wildman–Crippen LogP) is 6.21. The zero-order valence-corrected chi connectivity index (χ0v) is 20.2. The SMILES string of the molecule is COc1ccc(-c2oc3cc(C)c(Cl)cc3c(=O)c2OCCOc2cccc(C)c2)cc1OC. The van der Waals surface area contributed by atoms with E-state index in [1.165, 1.54) is 0 Å². The Kier molecular flexibility index (Phi) is 6.98. The van der Waals surface area contributed by atoms with Crippen molar-refractivity contribution >= 4 is 22.6 Å². The molecule has 0 spiro atoms. The Labute approximate surface area is 202 Å². The fraction of sp³-hybridized carbons (Fsp3) is 0.222. The van der Waals surface area contributed by atoms with Crippen molar-refractivity contribution in [2.24, 2.45) is 0 Å². The Balaban J connectivity index is 1.73. The number of benzene rings is 3. The van der Waals surface area contributed by atoms with Crippen LogP contribution in [0.25, 0.3) is 22.3 Å². The smallest absolute Gasteiger partial charge is 0.235 e. The van der Waals surface area contributed by atoms with Gasteiger partial charge in [0.1, 0.15) is 24.5 Å². The maximum Gasteiger partial charge on any atom is 0.235 e. The molecule has 0 saturated heterocycles. The summed E-state index contributed by atoms with van der Waals surface area (Å²) in [6.45, 7) is 4.24. The Morgan fingerprint density at radius 2 is 1.65 bits per heavy atom. The number of hydrogen-bond acceptors (Lipinski definition) is 6. The van der Waals surface area contributed by atoms with Gasteiger partial charge in [0, 0.05) is 10.6 Å². The molecule has 0 atom stereocenters. The fourth-order valence-corrected chi connectivity index (χ4v) is 3.77. The van der Waals surface area contributed by atoms with Gasteiger partial charge in [-0.1, -0.05) is 23.7 Å². The lowest BCUT2D eigenvalue weighted by Gasteiger charge is -2.14. The summed E-state index contributed by atoms with van der Waals surface area (Å²) in [5.74, 6) is 2.16. The first-order chi connectivity index (χ1) is 16.4. The lowest BCUT2D eigenvalue weighted by atomic mass is 10.1. The van der Waals surface area contributed by atoms with Gasteiger partial charge in [0.05, 0.1) is 19.6 Å². The second kappa shape index (κ2) is 10.1. The van der Waals surface area contributed by atoms with Crippen LogP contribution in [-0.4, -0.2) is 27.4 Å². The molecule has 1 heterocycles. The summed E-state index contributed by atoms with van der Waals surface area (Å²) in [7, 11) is 3.10. The largest absolute Gasteiger partial charge is 0.493 e. The highest BCUT2D eigenvalue weighted by molar-refractivity contribution is 6.32. The molecule has 0 aliphatic rings. The number of hydrogen-bond donors (Lipinski definition) is 0.